The zero-order valence-electron chi connectivity index (χ0n) is 15.4. The third-order valence-electron chi connectivity index (χ3n) is 5.17. The van der Waals surface area contributed by atoms with Crippen LogP contribution in [0.3, 0.4) is 0 Å². The first-order valence-electron chi connectivity index (χ1n) is 9.41. The summed E-state index contributed by atoms with van der Waals surface area (Å²) in [4.78, 5) is 33.1. The molecule has 1 fully saturated rings. The Morgan fingerprint density at radius 1 is 1.28 bits per heavy atom. The highest BCUT2D eigenvalue weighted by molar-refractivity contribution is 7.21. The fourth-order valence-corrected chi connectivity index (χ4v) is 4.97. The van der Waals surface area contributed by atoms with E-state index in [1.807, 2.05) is 0 Å². The highest BCUT2D eigenvalue weighted by atomic mass is 35.5. The molecule has 0 radical (unpaired) electrons. The molecule has 1 saturated heterocycles. The van der Waals surface area contributed by atoms with Crippen molar-refractivity contribution in [3.63, 3.8) is 0 Å². The highest BCUT2D eigenvalue weighted by Gasteiger charge is 2.33. The molecule has 0 unspecified atom stereocenters. The molecule has 3 N–H and O–H groups in total. The Morgan fingerprint density at radius 2 is 2.10 bits per heavy atom. The predicted molar refractivity (Wildman–Crippen MR) is 116 cm³/mol. The lowest BCUT2D eigenvalue weighted by atomic mass is 10.1. The number of anilines is 3. The molecule has 29 heavy (non-hydrogen) atoms. The number of hydrogen-bond donors (Lipinski definition) is 3. The van der Waals surface area contributed by atoms with E-state index in [-0.39, 0.29) is 18.0 Å². The van der Waals surface area contributed by atoms with E-state index in [4.69, 9.17) is 11.6 Å². The number of piperidine rings is 1. The second-order valence-electron chi connectivity index (χ2n) is 7.08. The quantitative estimate of drug-likeness (QED) is 0.587. The molecule has 7 nitrogen and oxygen atoms in total. The third kappa shape index (κ3) is 3.23. The van der Waals surface area contributed by atoms with E-state index < -0.39 is 0 Å². The number of thiophene rings is 1. The van der Waals surface area contributed by atoms with Crippen molar-refractivity contribution < 1.29 is 9.59 Å². The van der Waals surface area contributed by atoms with Gasteiger partial charge < -0.3 is 16.0 Å². The molecule has 9 heteroatoms. The summed E-state index contributed by atoms with van der Waals surface area (Å²) in [7, 11) is 0. The van der Waals surface area contributed by atoms with E-state index in [0.29, 0.717) is 31.8 Å². The molecule has 0 aliphatic carbocycles. The van der Waals surface area contributed by atoms with Gasteiger partial charge in [0.2, 0.25) is 0 Å². The maximum absolute atomic E-state index is 13.0. The maximum Gasteiger partial charge on any atom is 0.331 e. The third-order valence-corrected chi connectivity index (χ3v) is 6.52. The Balaban J connectivity index is 1.56. The van der Waals surface area contributed by atoms with Gasteiger partial charge in [-0.2, -0.15) is 0 Å². The van der Waals surface area contributed by atoms with Gasteiger partial charge in [0.1, 0.15) is 9.71 Å². The Bertz CT molecular complexity index is 1110. The van der Waals surface area contributed by atoms with Crippen LogP contribution in [0.25, 0.3) is 10.2 Å². The summed E-state index contributed by atoms with van der Waals surface area (Å²) >= 11 is 7.29. The van der Waals surface area contributed by atoms with Gasteiger partial charge in [-0.05, 0) is 49.7 Å². The van der Waals surface area contributed by atoms with Gasteiger partial charge >= 0.3 is 6.03 Å². The first-order valence-corrected chi connectivity index (χ1v) is 10.6. The summed E-state index contributed by atoms with van der Waals surface area (Å²) in [5, 5.41) is 10.6. The van der Waals surface area contributed by atoms with Crippen LogP contribution in [-0.4, -0.2) is 36.1 Å². The van der Waals surface area contributed by atoms with Crippen LogP contribution < -0.4 is 20.9 Å². The number of hydrogen-bond acceptors (Lipinski definition) is 5. The van der Waals surface area contributed by atoms with Gasteiger partial charge in [0.15, 0.2) is 0 Å². The minimum Gasteiger partial charge on any atom is -0.347 e. The summed E-state index contributed by atoms with van der Waals surface area (Å²) in [5.74, 6) is -0.178. The van der Waals surface area contributed by atoms with Crippen LogP contribution in [0.5, 0.6) is 0 Å². The molecule has 2 aromatic heterocycles. The second-order valence-corrected chi connectivity index (χ2v) is 8.51. The number of carbonyl (C=O) groups excluding carboxylic acids is 2. The molecule has 1 atom stereocenters. The minimum absolute atomic E-state index is 0.0888. The van der Waals surface area contributed by atoms with Crippen LogP contribution >= 0.6 is 22.9 Å². The number of urea groups is 1. The molecular formula is C20H18ClN5O2S. The van der Waals surface area contributed by atoms with E-state index >= 15 is 0 Å². The average molecular weight is 428 g/mol. The SMILES string of the molecule is O=C(N[C@@H]1CCCNC1)c1sc2nccc3c2c1NC(=O)N3c1ccc(Cl)cc1. The number of benzene rings is 1. The zero-order valence-corrected chi connectivity index (χ0v) is 16.9. The number of rotatable bonds is 3. The number of nitrogens with one attached hydrogen (secondary N) is 3. The second kappa shape index (κ2) is 7.29. The molecule has 0 spiro atoms. The molecule has 0 saturated carbocycles. The molecule has 4 heterocycles. The molecule has 3 amide bonds. The number of pyridine rings is 1. The van der Waals surface area contributed by atoms with Crippen molar-refractivity contribution in [1.82, 2.24) is 15.6 Å². The Morgan fingerprint density at radius 3 is 2.86 bits per heavy atom. The molecule has 148 valence electrons. The fourth-order valence-electron chi connectivity index (χ4n) is 3.82. The lowest BCUT2D eigenvalue weighted by Gasteiger charge is -2.28. The molecule has 5 rings (SSSR count). The lowest BCUT2D eigenvalue weighted by Crippen LogP contribution is -2.45. The van der Waals surface area contributed by atoms with Crippen LogP contribution in [-0.2, 0) is 0 Å². The van der Waals surface area contributed by atoms with Crippen LogP contribution in [0.1, 0.15) is 22.5 Å². The smallest absolute Gasteiger partial charge is 0.331 e. The average Bonchev–Trinajstić information content (AvgIpc) is 3.10. The van der Waals surface area contributed by atoms with Gasteiger partial charge in [-0.25, -0.2) is 9.78 Å². The van der Waals surface area contributed by atoms with E-state index in [2.05, 4.69) is 20.9 Å². The summed E-state index contributed by atoms with van der Waals surface area (Å²) in [5.41, 5.74) is 1.92. The first-order chi connectivity index (χ1) is 14.1. The van der Waals surface area contributed by atoms with Crippen LogP contribution in [0.15, 0.2) is 36.5 Å². The Hall–Kier alpha value is -2.68. The predicted octanol–water partition coefficient (Wildman–Crippen LogP) is 4.12. The summed E-state index contributed by atoms with van der Waals surface area (Å²) in [6, 6.07) is 8.61. The normalized spacial score (nSPS) is 18.6. The first kappa shape index (κ1) is 18.4. The standard InChI is InChI=1S/C20H18ClN5O2S/c21-11-3-5-13(6-4-11)26-14-7-9-23-19-15(14)16(25-20(26)28)17(29-19)18(27)24-12-2-1-8-22-10-12/h3-7,9,12,22H,1-2,8,10H2,(H,24,27)(H,25,28)/t12-/m1/s1. The Labute approximate surface area is 176 Å². The van der Waals surface area contributed by atoms with Gasteiger partial charge in [-0.3, -0.25) is 9.69 Å². The fraction of sp³-hybridized carbons (Fsp3) is 0.250. The molecule has 1 aromatic carbocycles. The van der Waals surface area contributed by atoms with Gasteiger partial charge in [0.05, 0.1) is 22.4 Å². The van der Waals surface area contributed by atoms with E-state index in [1.54, 1.807) is 41.4 Å². The number of amides is 3. The number of halogens is 1. The van der Waals surface area contributed by atoms with Crippen LogP contribution in [0, 0.1) is 0 Å². The summed E-state index contributed by atoms with van der Waals surface area (Å²) < 4.78 is 0. The van der Waals surface area contributed by atoms with Gasteiger partial charge in [0.25, 0.3) is 5.91 Å². The monoisotopic (exact) mass is 427 g/mol. The number of carbonyl (C=O) groups is 2. The van der Waals surface area contributed by atoms with Gasteiger partial charge in [-0.15, -0.1) is 11.3 Å². The van der Waals surface area contributed by atoms with Gasteiger partial charge in [0, 0.05) is 23.8 Å². The zero-order chi connectivity index (χ0) is 20.0. The lowest BCUT2D eigenvalue weighted by molar-refractivity contribution is 0.0935. The van der Waals surface area contributed by atoms with Crippen LogP contribution in [0.2, 0.25) is 5.02 Å². The molecular weight excluding hydrogens is 410 g/mol. The van der Waals surface area contributed by atoms with Crippen molar-refractivity contribution in [2.75, 3.05) is 23.3 Å². The van der Waals surface area contributed by atoms with Crippen molar-refractivity contribution in [3.05, 3.63) is 46.4 Å². The van der Waals surface area contributed by atoms with Gasteiger partial charge in [-0.1, -0.05) is 11.6 Å². The molecule has 2 aliphatic heterocycles. The largest absolute Gasteiger partial charge is 0.347 e. The van der Waals surface area contributed by atoms with Crippen molar-refractivity contribution >= 4 is 62.2 Å². The summed E-state index contributed by atoms with van der Waals surface area (Å²) in [6.45, 7) is 1.73. The molecule has 2 aliphatic rings. The van der Waals surface area contributed by atoms with Crippen molar-refractivity contribution in [2.45, 2.75) is 18.9 Å². The Kier molecular flexibility index (Phi) is 4.61. The van der Waals surface area contributed by atoms with Crippen molar-refractivity contribution in [1.29, 1.82) is 0 Å². The molecule has 3 aromatic rings. The van der Waals surface area contributed by atoms with E-state index in [9.17, 15) is 9.59 Å². The minimum atomic E-state index is -0.320. The number of aromatic nitrogens is 1. The highest BCUT2D eigenvalue weighted by Crippen LogP contribution is 2.45. The molecule has 0 bridgehead atoms. The summed E-state index contributed by atoms with van der Waals surface area (Å²) in [6.07, 6.45) is 3.63. The topological polar surface area (TPSA) is 86.4 Å². The van der Waals surface area contributed by atoms with Crippen molar-refractivity contribution in [2.24, 2.45) is 0 Å². The van der Waals surface area contributed by atoms with E-state index in [0.717, 1.165) is 31.3 Å². The maximum atomic E-state index is 13.0. The van der Waals surface area contributed by atoms with Crippen LogP contribution in [0.4, 0.5) is 21.9 Å². The van der Waals surface area contributed by atoms with Crippen molar-refractivity contribution in [3.8, 4) is 0 Å². The van der Waals surface area contributed by atoms with E-state index in [1.165, 1.54) is 11.3 Å². The number of nitrogens with zero attached hydrogens (tertiary/aromatic N) is 2.